The molecule has 5 aliphatic carbocycles. The van der Waals surface area contributed by atoms with Gasteiger partial charge in [0, 0.05) is 28.6 Å². The summed E-state index contributed by atoms with van der Waals surface area (Å²) >= 11 is 1.44. The predicted octanol–water partition coefficient (Wildman–Crippen LogP) is 5.27. The van der Waals surface area contributed by atoms with Crippen molar-refractivity contribution in [1.29, 1.82) is 0 Å². The van der Waals surface area contributed by atoms with Gasteiger partial charge in [0.05, 0.1) is 5.69 Å². The molecular weight excluding hydrogens is 446 g/mol. The second-order valence-corrected chi connectivity index (χ2v) is 12.7. The Bertz CT molecular complexity index is 1160. The third-order valence-corrected chi connectivity index (χ3v) is 9.58. The summed E-state index contributed by atoms with van der Waals surface area (Å²) in [5.41, 5.74) is 2.45. The molecule has 4 bridgehead atoms. The summed E-state index contributed by atoms with van der Waals surface area (Å²) in [5.74, 6) is 2.09. The summed E-state index contributed by atoms with van der Waals surface area (Å²) in [7, 11) is 0. The van der Waals surface area contributed by atoms with Crippen LogP contribution < -0.4 is 10.9 Å². The maximum Gasteiger partial charge on any atom is 0.267 e. The van der Waals surface area contributed by atoms with E-state index in [4.69, 9.17) is 4.98 Å². The number of aromatic nitrogens is 2. The lowest BCUT2D eigenvalue weighted by Gasteiger charge is -2.56. The van der Waals surface area contributed by atoms with Crippen molar-refractivity contribution in [2.45, 2.75) is 90.0 Å². The second kappa shape index (κ2) is 8.21. The molecule has 0 radical (unpaired) electrons. The van der Waals surface area contributed by atoms with Gasteiger partial charge in [0.15, 0.2) is 5.13 Å². The molecule has 5 aliphatic rings. The van der Waals surface area contributed by atoms with Crippen molar-refractivity contribution in [1.82, 2.24) is 9.55 Å². The topological polar surface area (TPSA) is 84.2 Å². The van der Waals surface area contributed by atoms with E-state index in [2.05, 4.69) is 24.5 Å². The number of amides is 1. The molecule has 4 fully saturated rings. The first kappa shape index (κ1) is 22.3. The minimum atomic E-state index is -0.542. The number of carbonyl (C=O) groups is 1. The Morgan fingerprint density at radius 3 is 2.47 bits per heavy atom. The van der Waals surface area contributed by atoms with E-state index in [0.717, 1.165) is 54.0 Å². The van der Waals surface area contributed by atoms with Crippen LogP contribution in [0.3, 0.4) is 0 Å². The lowest BCUT2D eigenvalue weighted by molar-refractivity contribution is -0.00688. The van der Waals surface area contributed by atoms with Gasteiger partial charge >= 0.3 is 0 Å². The molecule has 0 atom stereocenters. The Kier molecular flexibility index (Phi) is 5.39. The molecule has 0 aliphatic heterocycles. The van der Waals surface area contributed by atoms with Gasteiger partial charge in [-0.15, -0.1) is 11.3 Å². The summed E-state index contributed by atoms with van der Waals surface area (Å²) in [5, 5.41) is 16.5. The molecule has 1 amide bonds. The van der Waals surface area contributed by atoms with Gasteiger partial charge in [0.25, 0.3) is 11.5 Å². The zero-order valence-electron chi connectivity index (χ0n) is 20.2. The van der Waals surface area contributed by atoms with Crippen LogP contribution in [0, 0.1) is 23.7 Å². The van der Waals surface area contributed by atoms with E-state index in [9.17, 15) is 14.7 Å². The fourth-order valence-corrected chi connectivity index (χ4v) is 8.70. The monoisotopic (exact) mass is 481 g/mol. The molecule has 2 N–H and O–H groups in total. The van der Waals surface area contributed by atoms with Gasteiger partial charge in [0.1, 0.15) is 11.3 Å². The highest BCUT2D eigenvalue weighted by atomic mass is 32.1. The van der Waals surface area contributed by atoms with Gasteiger partial charge in [-0.3, -0.25) is 14.9 Å². The number of thiazole rings is 1. The van der Waals surface area contributed by atoms with E-state index in [-0.39, 0.29) is 28.2 Å². The Balaban J connectivity index is 1.30. The quantitative estimate of drug-likeness (QED) is 0.610. The average Bonchev–Trinajstić information content (AvgIpc) is 3.25. The fourth-order valence-electron chi connectivity index (χ4n) is 7.87. The lowest BCUT2D eigenvalue weighted by Crippen LogP contribution is -2.48. The number of aromatic hydroxyl groups is 1. The third-order valence-electron chi connectivity index (χ3n) is 8.83. The lowest BCUT2D eigenvalue weighted by atomic mass is 9.49. The van der Waals surface area contributed by atoms with Crippen LogP contribution in [0.4, 0.5) is 5.13 Å². The van der Waals surface area contributed by atoms with Crippen LogP contribution in [-0.2, 0) is 24.8 Å². The number of hydrogen-bond acceptors (Lipinski definition) is 5. The number of carbonyl (C=O) groups excluding carboxylic acids is 1. The molecule has 34 heavy (non-hydrogen) atoms. The summed E-state index contributed by atoms with van der Waals surface area (Å²) in [6, 6.07) is 0. The summed E-state index contributed by atoms with van der Waals surface area (Å²) in [6.45, 7) is 4.68. The molecule has 7 heteroatoms. The van der Waals surface area contributed by atoms with Gasteiger partial charge in [-0.25, -0.2) is 4.98 Å². The van der Waals surface area contributed by atoms with Crippen molar-refractivity contribution in [3.63, 3.8) is 0 Å². The molecule has 0 spiro atoms. The zero-order valence-corrected chi connectivity index (χ0v) is 21.0. The molecule has 0 unspecified atom stereocenters. The number of nitrogens with one attached hydrogen (secondary N) is 1. The molecule has 7 rings (SSSR count). The van der Waals surface area contributed by atoms with E-state index in [0.29, 0.717) is 18.1 Å². The van der Waals surface area contributed by atoms with Crippen LogP contribution in [0.15, 0.2) is 10.2 Å². The standard InChI is InChI=1S/C27H35N3O3S/c1-15(2)13-30-20-6-4-3-5-19(20)23(31)22(25(30)33)24(32)29-26-28-21(14-34-26)27-10-16-7-17(11-27)9-18(8-16)12-27/h14-18,31H,3-13H2,1-2H3,(H,28,29,32). The Labute approximate surface area is 204 Å². The first-order valence-electron chi connectivity index (χ1n) is 13.1. The highest BCUT2D eigenvalue weighted by Gasteiger charge is 2.52. The average molecular weight is 482 g/mol. The smallest absolute Gasteiger partial charge is 0.267 e. The zero-order chi connectivity index (χ0) is 23.6. The van der Waals surface area contributed by atoms with Gasteiger partial charge < -0.3 is 9.67 Å². The SMILES string of the molecule is CC(C)Cn1c2c(c(O)c(C(=O)Nc3nc(C45CC6CC(CC(C6)C4)C5)cs3)c1=O)CCCC2. The van der Waals surface area contributed by atoms with E-state index in [1.54, 1.807) is 4.57 Å². The minimum Gasteiger partial charge on any atom is -0.507 e. The Morgan fingerprint density at radius 1 is 1.18 bits per heavy atom. The van der Waals surface area contributed by atoms with Crippen molar-refractivity contribution >= 4 is 22.4 Å². The number of hydrogen-bond donors (Lipinski definition) is 2. The maximum absolute atomic E-state index is 13.4. The third kappa shape index (κ3) is 3.62. The molecule has 4 saturated carbocycles. The van der Waals surface area contributed by atoms with Crippen LogP contribution in [0.25, 0.3) is 0 Å². The predicted molar refractivity (Wildman–Crippen MR) is 134 cm³/mol. The van der Waals surface area contributed by atoms with E-state index < -0.39 is 5.91 Å². The van der Waals surface area contributed by atoms with E-state index >= 15 is 0 Å². The van der Waals surface area contributed by atoms with Gasteiger partial charge in [-0.1, -0.05) is 13.8 Å². The van der Waals surface area contributed by atoms with Crippen molar-refractivity contribution in [3.05, 3.63) is 38.2 Å². The minimum absolute atomic E-state index is 0.130. The van der Waals surface area contributed by atoms with Gasteiger partial charge in [0.2, 0.25) is 0 Å². The largest absolute Gasteiger partial charge is 0.507 e. The number of rotatable bonds is 5. The normalized spacial score (nSPS) is 29.4. The summed E-state index contributed by atoms with van der Waals surface area (Å²) < 4.78 is 1.73. The first-order valence-corrected chi connectivity index (χ1v) is 14.0. The molecule has 2 aromatic rings. The Morgan fingerprint density at radius 2 is 1.82 bits per heavy atom. The van der Waals surface area contributed by atoms with Crippen molar-refractivity contribution in [2.24, 2.45) is 23.7 Å². The van der Waals surface area contributed by atoms with Crippen molar-refractivity contribution < 1.29 is 9.90 Å². The highest BCUT2D eigenvalue weighted by molar-refractivity contribution is 7.14. The molecule has 0 saturated heterocycles. The van der Waals surface area contributed by atoms with Crippen molar-refractivity contribution in [3.8, 4) is 5.75 Å². The van der Waals surface area contributed by atoms with Crippen LogP contribution in [0.2, 0.25) is 0 Å². The van der Waals surface area contributed by atoms with Crippen molar-refractivity contribution in [2.75, 3.05) is 5.32 Å². The fraction of sp³-hybridized carbons (Fsp3) is 0.667. The maximum atomic E-state index is 13.4. The number of anilines is 1. The molecule has 2 aromatic heterocycles. The molecule has 2 heterocycles. The Hall–Kier alpha value is -2.15. The number of fused-ring (bicyclic) bond motifs is 1. The molecule has 0 aromatic carbocycles. The molecule has 182 valence electrons. The van der Waals surface area contributed by atoms with Crippen LogP contribution in [-0.4, -0.2) is 20.6 Å². The number of nitrogens with zero attached hydrogens (tertiary/aromatic N) is 2. The van der Waals surface area contributed by atoms with Gasteiger partial charge in [-0.2, -0.15) is 0 Å². The second-order valence-electron chi connectivity index (χ2n) is 11.9. The van der Waals surface area contributed by atoms with E-state index in [1.165, 1.54) is 49.9 Å². The number of pyridine rings is 1. The molecular formula is C27H35N3O3S. The van der Waals surface area contributed by atoms with E-state index in [1.807, 2.05) is 0 Å². The summed E-state index contributed by atoms with van der Waals surface area (Å²) in [4.78, 5) is 31.6. The van der Waals surface area contributed by atoms with Gasteiger partial charge in [-0.05, 0) is 87.9 Å². The van der Waals surface area contributed by atoms with Crippen LogP contribution >= 0.6 is 11.3 Å². The first-order chi connectivity index (χ1) is 16.3. The summed E-state index contributed by atoms with van der Waals surface area (Å²) in [6.07, 6.45) is 11.3. The highest BCUT2D eigenvalue weighted by Crippen LogP contribution is 2.60. The molecule has 6 nitrogen and oxygen atoms in total. The van der Waals surface area contributed by atoms with Crippen LogP contribution in [0.1, 0.15) is 92.5 Å². The van der Waals surface area contributed by atoms with Crippen LogP contribution in [0.5, 0.6) is 5.75 Å².